The van der Waals surface area contributed by atoms with Crippen molar-refractivity contribution in [2.24, 2.45) is 0 Å². The number of amides is 1. The van der Waals surface area contributed by atoms with E-state index < -0.39 is 5.91 Å². The number of carbonyl (C=O) groups is 1. The summed E-state index contributed by atoms with van der Waals surface area (Å²) >= 11 is 4.94. The van der Waals surface area contributed by atoms with Crippen LogP contribution in [0.3, 0.4) is 0 Å². The molecule has 3 aromatic rings. The summed E-state index contributed by atoms with van der Waals surface area (Å²) in [5, 5.41) is 12.8. The van der Waals surface area contributed by atoms with Crippen LogP contribution in [-0.4, -0.2) is 5.91 Å². The Hall–Kier alpha value is -2.75. The minimum absolute atomic E-state index is 0.0336. The molecule has 0 aliphatic carbocycles. The number of hydrogen-bond donors (Lipinski definition) is 1. The minimum atomic E-state index is -0.480. The molecule has 0 atom stereocenters. The second-order valence-corrected chi connectivity index (χ2v) is 8.09. The number of anilines is 1. The fourth-order valence-electron chi connectivity index (χ4n) is 2.35. The van der Waals surface area contributed by atoms with Crippen molar-refractivity contribution in [1.82, 2.24) is 0 Å². The standard InChI is InChI=1S/C22H17BrN2O2S/c1-14-3-7-17(8-4-14)25-21(26)16(13-24)11-18-12-20(23)22(27-18)28-19-9-5-15(2)6-10-19/h3-12H,1-2H3,(H,25,26)/b16-11-. The third kappa shape index (κ3) is 5.16. The molecule has 0 spiro atoms. The number of aryl methyl sites for hydroxylation is 2. The number of furan rings is 1. The van der Waals surface area contributed by atoms with Gasteiger partial charge in [0.05, 0.1) is 4.47 Å². The van der Waals surface area contributed by atoms with Crippen molar-refractivity contribution in [2.45, 2.75) is 23.8 Å². The van der Waals surface area contributed by atoms with Gasteiger partial charge in [-0.15, -0.1) is 0 Å². The SMILES string of the molecule is Cc1ccc(NC(=O)/C(C#N)=C\c2cc(Br)c(Sc3ccc(C)cc3)o2)cc1. The highest BCUT2D eigenvalue weighted by Crippen LogP contribution is 2.36. The van der Waals surface area contributed by atoms with Crippen molar-refractivity contribution in [3.63, 3.8) is 0 Å². The van der Waals surface area contributed by atoms with Crippen molar-refractivity contribution in [3.05, 3.63) is 81.5 Å². The molecular weight excluding hydrogens is 436 g/mol. The molecule has 1 N–H and O–H groups in total. The average Bonchev–Trinajstić information content (AvgIpc) is 3.02. The smallest absolute Gasteiger partial charge is 0.266 e. The molecule has 6 heteroatoms. The normalized spacial score (nSPS) is 11.1. The fourth-order valence-corrected chi connectivity index (χ4v) is 3.68. The lowest BCUT2D eigenvalue weighted by Crippen LogP contribution is -2.13. The first kappa shape index (κ1) is 20.0. The van der Waals surface area contributed by atoms with E-state index in [1.807, 2.05) is 56.3 Å². The predicted molar refractivity (Wildman–Crippen MR) is 115 cm³/mol. The summed E-state index contributed by atoms with van der Waals surface area (Å²) in [4.78, 5) is 13.4. The van der Waals surface area contributed by atoms with E-state index in [0.29, 0.717) is 16.5 Å². The Morgan fingerprint density at radius 2 is 1.71 bits per heavy atom. The average molecular weight is 453 g/mol. The molecule has 0 saturated carbocycles. The van der Waals surface area contributed by atoms with Crippen LogP contribution < -0.4 is 5.32 Å². The number of benzene rings is 2. The summed E-state index contributed by atoms with van der Waals surface area (Å²) in [5.74, 6) is -0.0521. The van der Waals surface area contributed by atoms with E-state index in [1.54, 1.807) is 18.2 Å². The van der Waals surface area contributed by atoms with Crippen molar-refractivity contribution >= 4 is 45.4 Å². The Morgan fingerprint density at radius 1 is 1.11 bits per heavy atom. The summed E-state index contributed by atoms with van der Waals surface area (Å²) < 4.78 is 6.57. The van der Waals surface area contributed by atoms with Gasteiger partial charge < -0.3 is 9.73 Å². The van der Waals surface area contributed by atoms with Gasteiger partial charge in [0.25, 0.3) is 5.91 Å². The molecular formula is C22H17BrN2O2S. The van der Waals surface area contributed by atoms with Crippen LogP contribution in [-0.2, 0) is 4.79 Å². The van der Waals surface area contributed by atoms with Gasteiger partial charge in [-0.2, -0.15) is 5.26 Å². The van der Waals surface area contributed by atoms with Gasteiger partial charge in [0.1, 0.15) is 17.4 Å². The number of nitrogens with one attached hydrogen (secondary N) is 1. The summed E-state index contributed by atoms with van der Waals surface area (Å²) in [5.41, 5.74) is 2.87. The summed E-state index contributed by atoms with van der Waals surface area (Å²) in [6.07, 6.45) is 1.44. The van der Waals surface area contributed by atoms with Crippen LogP contribution in [0.15, 0.2) is 79.0 Å². The molecule has 0 radical (unpaired) electrons. The highest BCUT2D eigenvalue weighted by Gasteiger charge is 2.14. The molecule has 140 valence electrons. The largest absolute Gasteiger partial charge is 0.449 e. The third-order valence-corrected chi connectivity index (χ3v) is 5.72. The summed E-state index contributed by atoms with van der Waals surface area (Å²) in [6.45, 7) is 4.00. The van der Waals surface area contributed by atoms with E-state index in [0.717, 1.165) is 14.9 Å². The lowest BCUT2D eigenvalue weighted by molar-refractivity contribution is -0.112. The zero-order chi connectivity index (χ0) is 20.1. The predicted octanol–water partition coefficient (Wildman–Crippen LogP) is 6.36. The molecule has 1 aromatic heterocycles. The van der Waals surface area contributed by atoms with E-state index >= 15 is 0 Å². The molecule has 4 nitrogen and oxygen atoms in total. The molecule has 0 saturated heterocycles. The van der Waals surface area contributed by atoms with Crippen LogP contribution in [0.1, 0.15) is 16.9 Å². The Kier molecular flexibility index (Phi) is 6.40. The number of hydrogen-bond acceptors (Lipinski definition) is 4. The Bertz CT molecular complexity index is 1060. The maximum Gasteiger partial charge on any atom is 0.266 e. The fraction of sp³-hybridized carbons (Fsp3) is 0.0909. The Labute approximate surface area is 176 Å². The molecule has 1 amide bonds. The first-order valence-electron chi connectivity index (χ1n) is 8.48. The second-order valence-electron chi connectivity index (χ2n) is 6.19. The number of halogens is 1. The maximum atomic E-state index is 12.4. The first-order chi connectivity index (χ1) is 13.4. The molecule has 1 heterocycles. The van der Waals surface area contributed by atoms with E-state index in [1.165, 1.54) is 23.4 Å². The van der Waals surface area contributed by atoms with Crippen molar-refractivity contribution in [2.75, 3.05) is 5.32 Å². The van der Waals surface area contributed by atoms with Gasteiger partial charge in [-0.25, -0.2) is 0 Å². The molecule has 28 heavy (non-hydrogen) atoms. The van der Waals surface area contributed by atoms with Crippen molar-refractivity contribution < 1.29 is 9.21 Å². The Balaban J connectivity index is 1.77. The van der Waals surface area contributed by atoms with E-state index in [4.69, 9.17) is 4.42 Å². The van der Waals surface area contributed by atoms with E-state index in [-0.39, 0.29) is 5.57 Å². The molecule has 3 rings (SSSR count). The molecule has 0 bridgehead atoms. The number of carbonyl (C=O) groups excluding carboxylic acids is 1. The van der Waals surface area contributed by atoms with Gasteiger partial charge in [0, 0.05) is 16.7 Å². The lowest BCUT2D eigenvalue weighted by atomic mass is 10.2. The zero-order valence-corrected chi connectivity index (χ0v) is 17.7. The first-order valence-corrected chi connectivity index (χ1v) is 10.1. The molecule has 0 fully saturated rings. The minimum Gasteiger partial charge on any atom is -0.449 e. The van der Waals surface area contributed by atoms with Crippen LogP contribution in [0.4, 0.5) is 5.69 Å². The number of nitrogens with zero attached hydrogens (tertiary/aromatic N) is 1. The monoisotopic (exact) mass is 452 g/mol. The number of nitriles is 1. The Morgan fingerprint density at radius 3 is 2.32 bits per heavy atom. The van der Waals surface area contributed by atoms with Crippen LogP contribution in [0, 0.1) is 25.2 Å². The second kappa shape index (κ2) is 8.96. The maximum absolute atomic E-state index is 12.4. The lowest BCUT2D eigenvalue weighted by Gasteiger charge is -2.04. The number of rotatable bonds is 5. The summed E-state index contributed by atoms with van der Waals surface area (Å²) in [6, 6.07) is 19.1. The van der Waals surface area contributed by atoms with Crippen LogP contribution in [0.2, 0.25) is 0 Å². The van der Waals surface area contributed by atoms with Gasteiger partial charge in [0.15, 0.2) is 5.09 Å². The van der Waals surface area contributed by atoms with Crippen molar-refractivity contribution in [3.8, 4) is 6.07 Å². The van der Waals surface area contributed by atoms with Gasteiger partial charge >= 0.3 is 0 Å². The van der Waals surface area contributed by atoms with Crippen LogP contribution in [0.25, 0.3) is 6.08 Å². The molecule has 2 aromatic carbocycles. The zero-order valence-electron chi connectivity index (χ0n) is 15.3. The summed E-state index contributed by atoms with van der Waals surface area (Å²) in [7, 11) is 0. The van der Waals surface area contributed by atoms with Gasteiger partial charge in [-0.1, -0.05) is 47.2 Å². The van der Waals surface area contributed by atoms with Gasteiger partial charge in [0.2, 0.25) is 0 Å². The van der Waals surface area contributed by atoms with Gasteiger partial charge in [-0.3, -0.25) is 4.79 Å². The van der Waals surface area contributed by atoms with E-state index in [2.05, 4.69) is 21.2 Å². The molecule has 0 aliphatic rings. The van der Waals surface area contributed by atoms with Crippen LogP contribution >= 0.6 is 27.7 Å². The molecule has 0 unspecified atom stereocenters. The quantitative estimate of drug-likeness (QED) is 0.361. The topological polar surface area (TPSA) is 66.0 Å². The third-order valence-electron chi connectivity index (χ3n) is 3.87. The van der Waals surface area contributed by atoms with Gasteiger partial charge in [-0.05, 0) is 60.1 Å². The van der Waals surface area contributed by atoms with Crippen molar-refractivity contribution in [1.29, 1.82) is 5.26 Å². The highest BCUT2D eigenvalue weighted by molar-refractivity contribution is 9.10. The highest BCUT2D eigenvalue weighted by atomic mass is 79.9. The molecule has 0 aliphatic heterocycles. The van der Waals surface area contributed by atoms with Crippen LogP contribution in [0.5, 0.6) is 0 Å². The van der Waals surface area contributed by atoms with E-state index in [9.17, 15) is 10.1 Å².